The van der Waals surface area contributed by atoms with Crippen LogP contribution in [0.4, 0.5) is 0 Å². The van der Waals surface area contributed by atoms with Gasteiger partial charge in [-0.1, -0.05) is 0 Å². The first kappa shape index (κ1) is 15.6. The van der Waals surface area contributed by atoms with E-state index < -0.39 is 7.32 Å². The van der Waals surface area contributed by atoms with Gasteiger partial charge in [0, 0.05) is 21.7 Å². The fourth-order valence-corrected chi connectivity index (χ4v) is 0. The molecule has 0 rings (SSSR count). The van der Waals surface area contributed by atoms with Gasteiger partial charge in [0.05, 0.1) is 0 Å². The Morgan fingerprint density at radius 2 is 1.00 bits per heavy atom. The van der Waals surface area contributed by atoms with Crippen LogP contribution in [0.25, 0.3) is 0 Å². The maximum Gasteiger partial charge on any atom is 0 e. The van der Waals surface area contributed by atoms with E-state index >= 15 is 0 Å². The van der Waals surface area contributed by atoms with Crippen molar-refractivity contribution in [3.63, 3.8) is 0 Å². The maximum atomic E-state index is 7.17. The zero-order chi connectivity index (χ0) is 3.58. The van der Waals surface area contributed by atoms with Crippen molar-refractivity contribution in [2.24, 2.45) is 0 Å². The Labute approximate surface area is 73.1 Å². The summed E-state index contributed by atoms with van der Waals surface area (Å²) in [5.74, 6) is 0. The summed E-state index contributed by atoms with van der Waals surface area (Å²) >= 11 is 0. The second-order valence-electron chi connectivity index (χ2n) is 0.346. The summed E-state index contributed by atoms with van der Waals surface area (Å²) < 4.78 is 0. The van der Waals surface area contributed by atoms with Crippen LogP contribution in [0.3, 0.4) is 0 Å². The average Bonchev–Trinajstić information content (AvgIpc) is 0.811. The Bertz CT molecular complexity index is 15.5. The largest absolute Gasteiger partial charge is 0 e. The molecule has 0 fully saturated rings. The Hall–Kier alpha value is 1.66. The van der Waals surface area contributed by atoms with Gasteiger partial charge in [0.15, 0.2) is 0 Å². The third-order valence-electron chi connectivity index (χ3n) is 0. The quantitative estimate of drug-likeness (QED) is 0.315. The molecule has 0 saturated carbocycles. The Morgan fingerprint density at radius 1 is 1.00 bits per heavy atom. The topological polar surface area (TPSA) is 60.7 Å². The number of rotatable bonds is 0. The van der Waals surface area contributed by atoms with Gasteiger partial charge in [-0.2, -0.15) is 0 Å². The fraction of sp³-hybridized carbons (Fsp3) is 0. The molecule has 0 aromatic rings. The van der Waals surface area contributed by atoms with Gasteiger partial charge in [-0.05, 0) is 0 Å². The fourth-order valence-electron chi connectivity index (χ4n) is 0. The summed E-state index contributed by atoms with van der Waals surface area (Å²) in [4.78, 5) is 0. The molecule has 6 heavy (non-hydrogen) atoms. The van der Waals surface area contributed by atoms with Crippen LogP contribution in [-0.4, -0.2) is 52.0 Å². The molecular weight excluding hydrogens is 130 g/mol. The van der Waals surface area contributed by atoms with Gasteiger partial charge in [-0.15, -0.1) is 0 Å². The first-order valence-electron chi connectivity index (χ1n) is 0.775. The van der Waals surface area contributed by atoms with E-state index in [0.29, 0.717) is 0 Å². The second-order valence-corrected chi connectivity index (χ2v) is 0.346. The van der Waals surface area contributed by atoms with E-state index in [4.69, 9.17) is 15.1 Å². The summed E-state index contributed by atoms with van der Waals surface area (Å²) in [6, 6.07) is 0. The molecule has 0 aliphatic carbocycles. The second kappa shape index (κ2) is 9.82. The molecule has 0 aromatic heterocycles. The molecule has 0 atom stereocenters. The molecule has 6 heteroatoms. The SMILES string of the molecule is OB(O)O.[NaH].[Ti]. The van der Waals surface area contributed by atoms with Gasteiger partial charge in [-0.3, -0.25) is 0 Å². The number of hydrogen-bond donors (Lipinski definition) is 3. The molecule has 30 valence electrons. The van der Waals surface area contributed by atoms with Crippen LogP contribution >= 0.6 is 0 Å². The molecule has 0 aliphatic heterocycles. The van der Waals surface area contributed by atoms with Crippen LogP contribution in [0.1, 0.15) is 0 Å². The van der Waals surface area contributed by atoms with Crippen LogP contribution in [-0.2, 0) is 21.7 Å². The van der Waals surface area contributed by atoms with Crippen LogP contribution in [0.2, 0.25) is 0 Å². The predicted molar refractivity (Wildman–Crippen MR) is 19.6 cm³/mol. The normalized spacial score (nSPS) is 4.50. The Morgan fingerprint density at radius 3 is 1.00 bits per heavy atom. The summed E-state index contributed by atoms with van der Waals surface area (Å²) in [7, 11) is -2.17. The van der Waals surface area contributed by atoms with Crippen molar-refractivity contribution >= 4 is 36.9 Å². The van der Waals surface area contributed by atoms with E-state index in [2.05, 4.69) is 0 Å². The minimum Gasteiger partial charge on any atom is 0 e. The molecule has 3 N–H and O–H groups in total. The standard InChI is InChI=1S/BH3O3.Na.Ti.H/c2-1(3)4;;;/h2-4H;;;. The molecular formula is H4BNaO3Ti. The van der Waals surface area contributed by atoms with Gasteiger partial charge < -0.3 is 15.1 Å². The van der Waals surface area contributed by atoms with Gasteiger partial charge in [0.2, 0.25) is 0 Å². The van der Waals surface area contributed by atoms with Gasteiger partial charge >= 0.3 is 36.9 Å². The van der Waals surface area contributed by atoms with Crippen molar-refractivity contribution in [3.05, 3.63) is 0 Å². The van der Waals surface area contributed by atoms with E-state index in [1.54, 1.807) is 0 Å². The van der Waals surface area contributed by atoms with Crippen molar-refractivity contribution in [2.75, 3.05) is 0 Å². The third kappa shape index (κ3) is 44.6. The molecule has 0 aromatic carbocycles. The zero-order valence-electron chi connectivity index (χ0n) is 2.42. The molecule has 0 radical (unpaired) electrons. The molecule has 0 heterocycles. The molecule has 0 aliphatic rings. The van der Waals surface area contributed by atoms with Gasteiger partial charge in [-0.25, -0.2) is 0 Å². The average molecular weight is 134 g/mol. The van der Waals surface area contributed by atoms with E-state index in [-0.39, 0.29) is 51.3 Å². The molecule has 0 amide bonds. The van der Waals surface area contributed by atoms with E-state index in [1.165, 1.54) is 0 Å². The van der Waals surface area contributed by atoms with Crippen molar-refractivity contribution in [2.45, 2.75) is 0 Å². The van der Waals surface area contributed by atoms with Crippen LogP contribution < -0.4 is 0 Å². The first-order valence-corrected chi connectivity index (χ1v) is 0.775. The van der Waals surface area contributed by atoms with Crippen molar-refractivity contribution in [1.29, 1.82) is 0 Å². The summed E-state index contributed by atoms with van der Waals surface area (Å²) in [5, 5.41) is 21.5. The minimum atomic E-state index is -2.17. The maximum absolute atomic E-state index is 7.17. The molecule has 0 saturated heterocycles. The summed E-state index contributed by atoms with van der Waals surface area (Å²) in [6.07, 6.45) is 0. The van der Waals surface area contributed by atoms with Crippen LogP contribution in [0.15, 0.2) is 0 Å². The van der Waals surface area contributed by atoms with Crippen molar-refractivity contribution < 1.29 is 36.8 Å². The molecule has 0 spiro atoms. The van der Waals surface area contributed by atoms with E-state index in [1.807, 2.05) is 0 Å². The Kier molecular flexibility index (Phi) is 25.6. The van der Waals surface area contributed by atoms with Crippen molar-refractivity contribution in [1.82, 2.24) is 0 Å². The smallest absolute Gasteiger partial charge is 0 e. The number of hydrogen-bond acceptors (Lipinski definition) is 3. The summed E-state index contributed by atoms with van der Waals surface area (Å²) in [6.45, 7) is 0. The monoisotopic (exact) mass is 134 g/mol. The van der Waals surface area contributed by atoms with Gasteiger partial charge in [0.25, 0.3) is 0 Å². The molecule has 0 unspecified atom stereocenters. The molecule has 0 bridgehead atoms. The third-order valence-corrected chi connectivity index (χ3v) is 0. The summed E-state index contributed by atoms with van der Waals surface area (Å²) in [5.41, 5.74) is 0. The zero-order valence-corrected chi connectivity index (χ0v) is 3.98. The first-order chi connectivity index (χ1) is 1.73. The van der Waals surface area contributed by atoms with E-state index in [0.717, 1.165) is 0 Å². The molecule has 3 nitrogen and oxygen atoms in total. The van der Waals surface area contributed by atoms with Crippen LogP contribution in [0.5, 0.6) is 0 Å². The predicted octanol–water partition coefficient (Wildman–Crippen LogP) is -2.70. The Balaban J connectivity index is -0.0000000450. The van der Waals surface area contributed by atoms with Crippen LogP contribution in [0, 0.1) is 0 Å². The van der Waals surface area contributed by atoms with E-state index in [9.17, 15) is 0 Å². The minimum absolute atomic E-state index is 0. The van der Waals surface area contributed by atoms with Gasteiger partial charge in [0.1, 0.15) is 0 Å². The van der Waals surface area contributed by atoms with Crippen molar-refractivity contribution in [3.8, 4) is 0 Å².